The molecular formula is C15H23N3O. The van der Waals surface area contributed by atoms with E-state index in [1.807, 2.05) is 12.1 Å². The van der Waals surface area contributed by atoms with Crippen molar-refractivity contribution in [1.29, 1.82) is 0 Å². The zero-order valence-electron chi connectivity index (χ0n) is 11.8. The van der Waals surface area contributed by atoms with Gasteiger partial charge < -0.3 is 15.4 Å². The van der Waals surface area contributed by atoms with Gasteiger partial charge in [0.15, 0.2) is 0 Å². The number of likely N-dealkylation sites (N-methyl/N-ethyl adjacent to an activating group) is 1. The third-order valence-corrected chi connectivity index (χ3v) is 4.72. The Labute approximate surface area is 115 Å². The Balaban J connectivity index is 1.82. The first kappa shape index (κ1) is 12.6. The molecule has 1 aromatic carbocycles. The molecule has 2 atom stereocenters. The van der Waals surface area contributed by atoms with Gasteiger partial charge in [0.25, 0.3) is 0 Å². The monoisotopic (exact) mass is 261 g/mol. The molecule has 2 bridgehead atoms. The first-order valence-corrected chi connectivity index (χ1v) is 7.09. The van der Waals surface area contributed by atoms with Crippen molar-refractivity contribution in [3.8, 4) is 5.75 Å². The first-order valence-electron chi connectivity index (χ1n) is 7.09. The number of methoxy groups -OCH3 is 1. The number of nitrogen functional groups attached to an aromatic ring is 1. The highest BCUT2D eigenvalue weighted by Crippen LogP contribution is 2.34. The fourth-order valence-corrected chi connectivity index (χ4v) is 3.48. The number of fused-ring (bicyclic) bond motifs is 2. The second-order valence-electron chi connectivity index (χ2n) is 5.71. The maximum atomic E-state index is 6.18. The zero-order valence-corrected chi connectivity index (χ0v) is 11.8. The molecular weight excluding hydrogens is 238 g/mol. The Hall–Kier alpha value is -1.42. The van der Waals surface area contributed by atoms with Gasteiger partial charge in [-0.25, -0.2) is 0 Å². The van der Waals surface area contributed by atoms with E-state index in [-0.39, 0.29) is 0 Å². The summed E-state index contributed by atoms with van der Waals surface area (Å²) in [5.41, 5.74) is 8.15. The van der Waals surface area contributed by atoms with Crippen LogP contribution in [-0.2, 0) is 0 Å². The molecule has 2 unspecified atom stereocenters. The molecule has 0 saturated carbocycles. The molecule has 1 aromatic rings. The van der Waals surface area contributed by atoms with Crippen molar-refractivity contribution in [1.82, 2.24) is 4.90 Å². The SMILES string of the molecule is COc1ccc(N2CCC3CCC(C2)N3C)c(N)c1. The second kappa shape index (κ2) is 4.93. The predicted octanol–water partition coefficient (Wildman–Crippen LogP) is 1.95. The largest absolute Gasteiger partial charge is 0.497 e. The van der Waals surface area contributed by atoms with Crippen LogP contribution in [0.3, 0.4) is 0 Å². The summed E-state index contributed by atoms with van der Waals surface area (Å²) in [5.74, 6) is 0.828. The molecule has 2 fully saturated rings. The highest BCUT2D eigenvalue weighted by atomic mass is 16.5. The van der Waals surface area contributed by atoms with Gasteiger partial charge in [-0.2, -0.15) is 0 Å². The van der Waals surface area contributed by atoms with Gasteiger partial charge in [0.1, 0.15) is 5.75 Å². The number of nitrogens with zero attached hydrogens (tertiary/aromatic N) is 2. The summed E-state index contributed by atoms with van der Waals surface area (Å²) in [5, 5.41) is 0. The van der Waals surface area contributed by atoms with Gasteiger partial charge in [-0.3, -0.25) is 4.90 Å². The molecule has 2 saturated heterocycles. The fourth-order valence-electron chi connectivity index (χ4n) is 3.48. The number of rotatable bonds is 2. The van der Waals surface area contributed by atoms with Gasteiger partial charge in [0.2, 0.25) is 0 Å². The average molecular weight is 261 g/mol. The van der Waals surface area contributed by atoms with Crippen LogP contribution >= 0.6 is 0 Å². The van der Waals surface area contributed by atoms with Crippen molar-refractivity contribution >= 4 is 11.4 Å². The van der Waals surface area contributed by atoms with Crippen LogP contribution in [0.25, 0.3) is 0 Å². The molecule has 0 spiro atoms. The van der Waals surface area contributed by atoms with Crippen LogP contribution in [0.4, 0.5) is 11.4 Å². The van der Waals surface area contributed by atoms with Crippen LogP contribution in [0.5, 0.6) is 5.75 Å². The third-order valence-electron chi connectivity index (χ3n) is 4.72. The Morgan fingerprint density at radius 3 is 2.74 bits per heavy atom. The minimum atomic E-state index is 0.675. The number of benzene rings is 1. The van der Waals surface area contributed by atoms with Crippen molar-refractivity contribution < 1.29 is 4.74 Å². The number of hydrogen-bond donors (Lipinski definition) is 1. The number of anilines is 2. The van der Waals surface area contributed by atoms with E-state index in [4.69, 9.17) is 10.5 Å². The molecule has 2 aliphatic heterocycles. The second-order valence-corrected chi connectivity index (χ2v) is 5.71. The molecule has 3 rings (SSSR count). The Morgan fingerprint density at radius 2 is 2.00 bits per heavy atom. The van der Waals surface area contributed by atoms with Crippen LogP contribution in [0.1, 0.15) is 19.3 Å². The lowest BCUT2D eigenvalue weighted by molar-refractivity contribution is 0.254. The Morgan fingerprint density at radius 1 is 1.21 bits per heavy atom. The van der Waals surface area contributed by atoms with E-state index in [1.54, 1.807) is 7.11 Å². The van der Waals surface area contributed by atoms with E-state index < -0.39 is 0 Å². The third kappa shape index (κ3) is 2.25. The minimum Gasteiger partial charge on any atom is -0.497 e. The highest BCUT2D eigenvalue weighted by Gasteiger charge is 2.34. The van der Waals surface area contributed by atoms with Gasteiger partial charge in [0, 0.05) is 31.2 Å². The minimum absolute atomic E-state index is 0.675. The topological polar surface area (TPSA) is 41.7 Å². The molecule has 4 nitrogen and oxygen atoms in total. The van der Waals surface area contributed by atoms with E-state index in [0.29, 0.717) is 6.04 Å². The normalized spacial score (nSPS) is 27.4. The smallest absolute Gasteiger partial charge is 0.121 e. The summed E-state index contributed by atoms with van der Waals surface area (Å²) in [4.78, 5) is 4.99. The first-order chi connectivity index (χ1) is 9.19. The van der Waals surface area contributed by atoms with Crippen LogP contribution in [0.15, 0.2) is 18.2 Å². The van der Waals surface area contributed by atoms with E-state index in [9.17, 15) is 0 Å². The van der Waals surface area contributed by atoms with Crippen molar-refractivity contribution in [2.24, 2.45) is 0 Å². The lowest BCUT2D eigenvalue weighted by Crippen LogP contribution is -2.36. The fraction of sp³-hybridized carbons (Fsp3) is 0.600. The molecule has 0 aromatic heterocycles. The summed E-state index contributed by atoms with van der Waals surface area (Å²) in [6, 6.07) is 7.44. The Kier molecular flexibility index (Phi) is 3.27. The quantitative estimate of drug-likeness (QED) is 0.826. The average Bonchev–Trinajstić information content (AvgIpc) is 2.64. The molecule has 19 heavy (non-hydrogen) atoms. The molecule has 0 amide bonds. The number of ether oxygens (including phenoxy) is 1. The van der Waals surface area contributed by atoms with Gasteiger partial charge in [-0.05, 0) is 38.4 Å². The van der Waals surface area contributed by atoms with Gasteiger partial charge in [-0.15, -0.1) is 0 Å². The number of nitrogens with two attached hydrogens (primary N) is 1. The van der Waals surface area contributed by atoms with Crippen molar-refractivity contribution in [3.63, 3.8) is 0 Å². The van der Waals surface area contributed by atoms with Crippen molar-refractivity contribution in [2.45, 2.75) is 31.3 Å². The predicted molar refractivity (Wildman–Crippen MR) is 78.8 cm³/mol. The lowest BCUT2D eigenvalue weighted by Gasteiger charge is -2.28. The molecule has 0 radical (unpaired) electrons. The molecule has 2 heterocycles. The van der Waals surface area contributed by atoms with Crippen LogP contribution < -0.4 is 15.4 Å². The maximum absolute atomic E-state index is 6.18. The highest BCUT2D eigenvalue weighted by molar-refractivity contribution is 5.69. The van der Waals surface area contributed by atoms with Gasteiger partial charge in [-0.1, -0.05) is 0 Å². The molecule has 0 aliphatic carbocycles. The number of hydrogen-bond acceptors (Lipinski definition) is 4. The van der Waals surface area contributed by atoms with Crippen molar-refractivity contribution in [2.75, 3.05) is 37.9 Å². The molecule has 104 valence electrons. The van der Waals surface area contributed by atoms with E-state index in [2.05, 4.69) is 22.9 Å². The Bertz CT molecular complexity index is 463. The van der Waals surface area contributed by atoms with E-state index >= 15 is 0 Å². The standard InChI is InChI=1S/C15H23N3O/c1-17-11-3-4-12(17)10-18(8-7-11)15-6-5-13(19-2)9-14(15)16/h5-6,9,11-12H,3-4,7-8,10,16H2,1-2H3. The van der Waals surface area contributed by atoms with E-state index in [0.717, 1.165) is 36.3 Å². The summed E-state index contributed by atoms with van der Waals surface area (Å²) >= 11 is 0. The lowest BCUT2D eigenvalue weighted by atomic mass is 10.1. The molecule has 4 heteroatoms. The summed E-state index contributed by atoms with van der Waals surface area (Å²) in [7, 11) is 3.94. The molecule has 2 N–H and O–H groups in total. The summed E-state index contributed by atoms with van der Waals surface area (Å²) < 4.78 is 5.22. The van der Waals surface area contributed by atoms with E-state index in [1.165, 1.54) is 19.3 Å². The van der Waals surface area contributed by atoms with Gasteiger partial charge in [0.05, 0.1) is 18.5 Å². The zero-order chi connectivity index (χ0) is 13.4. The molecule has 2 aliphatic rings. The van der Waals surface area contributed by atoms with Crippen LogP contribution in [0.2, 0.25) is 0 Å². The maximum Gasteiger partial charge on any atom is 0.121 e. The van der Waals surface area contributed by atoms with Crippen LogP contribution in [-0.4, -0.2) is 44.2 Å². The summed E-state index contributed by atoms with van der Waals surface area (Å²) in [6.45, 7) is 2.19. The van der Waals surface area contributed by atoms with Gasteiger partial charge >= 0.3 is 0 Å². The van der Waals surface area contributed by atoms with Crippen LogP contribution in [0, 0.1) is 0 Å². The van der Waals surface area contributed by atoms with Crippen molar-refractivity contribution in [3.05, 3.63) is 18.2 Å². The summed E-state index contributed by atoms with van der Waals surface area (Å²) in [6.07, 6.45) is 3.90.